The molecule has 136 valence electrons. The van der Waals surface area contributed by atoms with Crippen LogP contribution in [0.3, 0.4) is 0 Å². The Morgan fingerprint density at radius 2 is 1.92 bits per heavy atom. The third kappa shape index (κ3) is 5.21. The van der Waals surface area contributed by atoms with Gasteiger partial charge >= 0.3 is 6.03 Å². The largest absolute Gasteiger partial charge is 0.497 e. The lowest BCUT2D eigenvalue weighted by Crippen LogP contribution is -2.29. The number of hydrogen-bond donors (Lipinski definition) is 3. The van der Waals surface area contributed by atoms with Gasteiger partial charge in [0.2, 0.25) is 0 Å². The minimum Gasteiger partial charge on any atom is -0.497 e. The van der Waals surface area contributed by atoms with Crippen molar-refractivity contribution in [3.05, 3.63) is 46.8 Å². The molecule has 1 aromatic heterocycles. The third-order valence-electron chi connectivity index (χ3n) is 4.29. The van der Waals surface area contributed by atoms with Gasteiger partial charge in [0.15, 0.2) is 0 Å². The number of rotatable bonds is 8. The molecule has 6 heteroatoms. The average molecular weight is 362 g/mol. The lowest BCUT2D eigenvalue weighted by molar-refractivity contribution is 0.252. The van der Waals surface area contributed by atoms with Crippen LogP contribution in [0, 0.1) is 0 Å². The fourth-order valence-electron chi connectivity index (χ4n) is 2.53. The number of nitrogens with one attached hydrogen (secondary N) is 2. The van der Waals surface area contributed by atoms with Gasteiger partial charge in [0.05, 0.1) is 12.1 Å². The first-order valence-electron chi connectivity index (χ1n) is 8.46. The molecule has 2 aromatic rings. The summed E-state index contributed by atoms with van der Waals surface area (Å²) in [6.07, 6.45) is 1.81. The highest BCUT2D eigenvalue weighted by atomic mass is 32.1. The molecule has 2 amide bonds. The molecule has 0 radical (unpaired) electrons. The summed E-state index contributed by atoms with van der Waals surface area (Å²) in [5.41, 5.74) is 7.66. The Morgan fingerprint density at radius 1 is 1.20 bits per heavy atom. The van der Waals surface area contributed by atoms with Gasteiger partial charge in [0, 0.05) is 12.0 Å². The van der Waals surface area contributed by atoms with Gasteiger partial charge in [-0.05, 0) is 54.1 Å². The first-order valence-corrected chi connectivity index (χ1v) is 9.34. The van der Waals surface area contributed by atoms with Gasteiger partial charge in [-0.1, -0.05) is 26.0 Å². The molecule has 1 aromatic carbocycles. The monoisotopic (exact) mass is 361 g/mol. The number of benzene rings is 1. The number of anilines is 1. The van der Waals surface area contributed by atoms with Gasteiger partial charge in [-0.25, -0.2) is 4.79 Å². The molecule has 25 heavy (non-hydrogen) atoms. The molecule has 0 bridgehead atoms. The zero-order valence-electron chi connectivity index (χ0n) is 15.1. The van der Waals surface area contributed by atoms with E-state index in [1.165, 1.54) is 22.5 Å². The van der Waals surface area contributed by atoms with Crippen molar-refractivity contribution in [2.24, 2.45) is 5.73 Å². The van der Waals surface area contributed by atoms with Gasteiger partial charge in [-0.2, -0.15) is 0 Å². The summed E-state index contributed by atoms with van der Waals surface area (Å²) < 4.78 is 5.22. The Hall–Kier alpha value is -2.05. The molecule has 5 nitrogen and oxygen atoms in total. The van der Waals surface area contributed by atoms with Crippen molar-refractivity contribution in [1.29, 1.82) is 0 Å². The Morgan fingerprint density at radius 3 is 2.56 bits per heavy atom. The number of ether oxygens (including phenoxy) is 1. The quantitative estimate of drug-likeness (QED) is 0.623. The highest BCUT2D eigenvalue weighted by Gasteiger charge is 2.24. The van der Waals surface area contributed by atoms with Crippen molar-refractivity contribution >= 4 is 22.4 Å². The molecular formula is C19H27N3O2S. The molecule has 0 aliphatic heterocycles. The summed E-state index contributed by atoms with van der Waals surface area (Å²) in [6.45, 7) is 5.64. The second-order valence-electron chi connectivity index (χ2n) is 6.43. The molecule has 4 N–H and O–H groups in total. The number of carbonyl (C=O) groups is 1. The molecule has 0 aliphatic carbocycles. The standard InChI is InChI=1S/C19H27N3O2S/c1-19(2,14-6-8-16(24-3)9-7-14)15-12-17(25-13-15)22-18(23)21-11-5-4-10-20/h6-9,12-13H,4-5,10-11,20H2,1-3H3,(H2,21,22,23). The fraction of sp³-hybridized carbons (Fsp3) is 0.421. The molecule has 0 saturated heterocycles. The Balaban J connectivity index is 1.99. The Kier molecular flexibility index (Phi) is 6.84. The molecule has 0 atom stereocenters. The van der Waals surface area contributed by atoms with Crippen LogP contribution in [-0.2, 0) is 5.41 Å². The number of nitrogens with two attached hydrogens (primary N) is 1. The summed E-state index contributed by atoms with van der Waals surface area (Å²) in [5, 5.41) is 8.68. The van der Waals surface area contributed by atoms with Crippen molar-refractivity contribution in [3.8, 4) is 5.75 Å². The first-order chi connectivity index (χ1) is 12.0. The number of unbranched alkanes of at least 4 members (excludes halogenated alkanes) is 1. The number of urea groups is 1. The SMILES string of the molecule is COc1ccc(C(C)(C)c2csc(NC(=O)NCCCCN)c2)cc1. The Labute approximate surface area is 153 Å². The summed E-state index contributed by atoms with van der Waals surface area (Å²) >= 11 is 1.53. The van der Waals surface area contributed by atoms with E-state index in [1.54, 1.807) is 7.11 Å². The minimum atomic E-state index is -0.173. The first kappa shape index (κ1) is 19.3. The number of hydrogen-bond acceptors (Lipinski definition) is 4. The van der Waals surface area contributed by atoms with Crippen LogP contribution in [0.25, 0.3) is 0 Å². The van der Waals surface area contributed by atoms with E-state index in [-0.39, 0.29) is 11.4 Å². The normalized spacial score (nSPS) is 11.2. The Bertz CT molecular complexity index is 680. The number of carbonyl (C=O) groups excluding carboxylic acids is 1. The van der Waals surface area contributed by atoms with Crippen LogP contribution in [0.4, 0.5) is 9.80 Å². The van der Waals surface area contributed by atoms with Gasteiger partial charge < -0.3 is 15.8 Å². The number of amides is 2. The van der Waals surface area contributed by atoms with E-state index < -0.39 is 0 Å². The van der Waals surface area contributed by atoms with E-state index in [0.717, 1.165) is 23.6 Å². The molecule has 1 heterocycles. The third-order valence-corrected chi connectivity index (χ3v) is 5.13. The highest BCUT2D eigenvalue weighted by Crippen LogP contribution is 2.36. The summed E-state index contributed by atoms with van der Waals surface area (Å²) in [6, 6.07) is 9.96. The van der Waals surface area contributed by atoms with Crippen molar-refractivity contribution in [2.75, 3.05) is 25.5 Å². The van der Waals surface area contributed by atoms with E-state index in [9.17, 15) is 4.79 Å². The number of thiophene rings is 1. The second-order valence-corrected chi connectivity index (χ2v) is 7.34. The molecule has 0 fully saturated rings. The maximum Gasteiger partial charge on any atom is 0.319 e. The van der Waals surface area contributed by atoms with Crippen LogP contribution in [0.2, 0.25) is 0 Å². The topological polar surface area (TPSA) is 76.4 Å². The van der Waals surface area contributed by atoms with Crippen LogP contribution in [-0.4, -0.2) is 26.2 Å². The van der Waals surface area contributed by atoms with E-state index in [1.807, 2.05) is 18.2 Å². The lowest BCUT2D eigenvalue weighted by Gasteiger charge is -2.24. The van der Waals surface area contributed by atoms with Crippen LogP contribution in [0.1, 0.15) is 37.8 Å². The predicted molar refractivity (Wildman–Crippen MR) is 105 cm³/mol. The van der Waals surface area contributed by atoms with Crippen LogP contribution in [0.5, 0.6) is 5.75 Å². The van der Waals surface area contributed by atoms with Crippen molar-refractivity contribution in [2.45, 2.75) is 32.1 Å². The van der Waals surface area contributed by atoms with Gasteiger partial charge in [-0.15, -0.1) is 11.3 Å². The van der Waals surface area contributed by atoms with Gasteiger partial charge in [-0.3, -0.25) is 5.32 Å². The summed E-state index contributed by atoms with van der Waals surface area (Å²) in [5.74, 6) is 0.846. The second kappa shape index (κ2) is 8.87. The van der Waals surface area contributed by atoms with Crippen LogP contribution >= 0.6 is 11.3 Å². The maximum atomic E-state index is 11.9. The van der Waals surface area contributed by atoms with E-state index in [4.69, 9.17) is 10.5 Å². The molecular weight excluding hydrogens is 334 g/mol. The predicted octanol–water partition coefficient (Wildman–Crippen LogP) is 3.94. The summed E-state index contributed by atoms with van der Waals surface area (Å²) in [7, 11) is 1.66. The molecule has 0 spiro atoms. The molecule has 2 rings (SSSR count). The number of methoxy groups -OCH3 is 1. The van der Waals surface area contributed by atoms with Gasteiger partial charge in [0.25, 0.3) is 0 Å². The van der Waals surface area contributed by atoms with Gasteiger partial charge in [0.1, 0.15) is 5.75 Å². The minimum absolute atomic E-state index is 0.152. The molecule has 0 saturated carbocycles. The van der Waals surface area contributed by atoms with E-state index in [2.05, 4.69) is 42.0 Å². The smallest absolute Gasteiger partial charge is 0.319 e. The van der Waals surface area contributed by atoms with Crippen molar-refractivity contribution in [3.63, 3.8) is 0 Å². The molecule has 0 aliphatic rings. The highest BCUT2D eigenvalue weighted by molar-refractivity contribution is 7.14. The van der Waals surface area contributed by atoms with E-state index >= 15 is 0 Å². The summed E-state index contributed by atoms with van der Waals surface area (Å²) in [4.78, 5) is 11.9. The zero-order valence-corrected chi connectivity index (χ0v) is 15.9. The van der Waals surface area contributed by atoms with E-state index in [0.29, 0.717) is 13.1 Å². The van der Waals surface area contributed by atoms with Crippen molar-refractivity contribution < 1.29 is 9.53 Å². The zero-order chi connectivity index (χ0) is 18.3. The van der Waals surface area contributed by atoms with Crippen LogP contribution < -0.4 is 21.1 Å². The maximum absolute atomic E-state index is 11.9. The van der Waals surface area contributed by atoms with Crippen LogP contribution in [0.15, 0.2) is 35.7 Å². The van der Waals surface area contributed by atoms with Crippen molar-refractivity contribution in [1.82, 2.24) is 5.32 Å². The molecule has 0 unspecified atom stereocenters. The lowest BCUT2D eigenvalue weighted by atomic mass is 9.79. The fourth-order valence-corrected chi connectivity index (χ4v) is 3.49. The average Bonchev–Trinajstić information content (AvgIpc) is 3.08.